The van der Waals surface area contributed by atoms with E-state index < -0.39 is 11.0 Å². The second-order valence-electron chi connectivity index (χ2n) is 4.09. The van der Waals surface area contributed by atoms with Crippen LogP contribution in [0.25, 0.3) is 10.9 Å². The number of halogens is 1. The molecule has 104 valence electrons. The lowest BCUT2D eigenvalue weighted by molar-refractivity contribution is 0.686. The molecule has 0 aliphatic rings. The first-order chi connectivity index (χ1) is 9.70. The summed E-state index contributed by atoms with van der Waals surface area (Å²) in [5, 5.41) is 12.0. The second kappa shape index (κ2) is 5.79. The number of hydrogen-bond donors (Lipinski definition) is 2. The van der Waals surface area contributed by atoms with Gasteiger partial charge in [0, 0.05) is 11.6 Å². The van der Waals surface area contributed by atoms with E-state index in [1.807, 2.05) is 29.6 Å². The predicted molar refractivity (Wildman–Crippen MR) is 90.8 cm³/mol. The molecule has 20 heavy (non-hydrogen) atoms. The Balaban J connectivity index is 2.04. The maximum atomic E-state index is 12.2. The van der Waals surface area contributed by atoms with E-state index >= 15 is 0 Å². The monoisotopic (exact) mass is 419 g/mol. The van der Waals surface area contributed by atoms with Gasteiger partial charge in [0.05, 0.1) is 34.4 Å². The van der Waals surface area contributed by atoms with Crippen LogP contribution in [0.1, 0.15) is 5.69 Å². The van der Waals surface area contributed by atoms with E-state index in [1.165, 1.54) is 0 Å². The number of nitrogens with zero attached hydrogens (tertiary/aromatic N) is 3. The fourth-order valence-corrected chi connectivity index (χ4v) is 4.36. The molecule has 2 heterocycles. The molecule has 2 unspecified atom stereocenters. The fraction of sp³-hybridized carbons (Fsp3) is 0.0909. The zero-order valence-electron chi connectivity index (χ0n) is 10.4. The molecule has 0 bridgehead atoms. The molecule has 1 aromatic carbocycles. The first-order valence-electron chi connectivity index (χ1n) is 5.73. The summed E-state index contributed by atoms with van der Waals surface area (Å²) < 4.78 is 17.2. The Labute approximate surface area is 132 Å². The van der Waals surface area contributed by atoms with Crippen molar-refractivity contribution in [3.8, 4) is 0 Å². The first-order valence-corrected chi connectivity index (χ1v) is 10.9. The molecule has 2 aromatic heterocycles. The highest BCUT2D eigenvalue weighted by atomic mass is 127. The van der Waals surface area contributed by atoms with Gasteiger partial charge in [-0.3, -0.25) is 5.10 Å². The molecular formula is C11H11IN5OPS. The lowest BCUT2D eigenvalue weighted by atomic mass is 10.2. The molecule has 2 N–H and O–H groups in total. The van der Waals surface area contributed by atoms with Gasteiger partial charge in [-0.2, -0.15) is 10.2 Å². The van der Waals surface area contributed by atoms with Gasteiger partial charge in [-0.15, -0.1) is 0 Å². The maximum Gasteiger partial charge on any atom is 0.153 e. The highest BCUT2D eigenvalue weighted by molar-refractivity contribution is 14.2. The van der Waals surface area contributed by atoms with Gasteiger partial charge in [0.15, 0.2) is 11.0 Å². The molecule has 3 rings (SSSR count). The Hall–Kier alpha value is -0.990. The van der Waals surface area contributed by atoms with Crippen LogP contribution in [0.4, 0.5) is 5.69 Å². The van der Waals surface area contributed by atoms with Crippen LogP contribution in [-0.4, -0.2) is 24.0 Å². The smallest absolute Gasteiger partial charge is 0.153 e. The van der Waals surface area contributed by atoms with Crippen molar-refractivity contribution in [1.29, 1.82) is 0 Å². The van der Waals surface area contributed by atoms with Gasteiger partial charge < -0.3 is 4.72 Å². The minimum absolute atomic E-state index is 0.532. The Morgan fingerprint density at radius 2 is 2.35 bits per heavy atom. The quantitative estimate of drug-likeness (QED) is 0.505. The molecule has 0 spiro atoms. The van der Waals surface area contributed by atoms with Crippen molar-refractivity contribution in [3.05, 3.63) is 36.3 Å². The minimum atomic E-state index is -1.34. The van der Waals surface area contributed by atoms with Gasteiger partial charge in [0.25, 0.3) is 0 Å². The standard InChI is InChI=1S/C11H11IN5OPS/c1-7-11-9(16-20(18)8-5-13-14-6-8)3-2-4-10(11)17(15-7)19-12/h2-6,16,19H,1H3,(H,13,14). The summed E-state index contributed by atoms with van der Waals surface area (Å²) in [5.74, 6) is 0. The third-order valence-electron chi connectivity index (χ3n) is 2.85. The second-order valence-corrected chi connectivity index (χ2v) is 7.34. The van der Waals surface area contributed by atoms with E-state index in [0.717, 1.165) is 22.3 Å². The number of H-pyrrole nitrogens is 1. The maximum absolute atomic E-state index is 12.2. The molecule has 9 heteroatoms. The third-order valence-corrected chi connectivity index (χ3v) is 5.78. The molecular weight excluding hydrogens is 408 g/mol. The van der Waals surface area contributed by atoms with E-state index in [-0.39, 0.29) is 0 Å². The van der Waals surface area contributed by atoms with Crippen LogP contribution in [0, 0.1) is 6.92 Å². The molecule has 0 amide bonds. The molecule has 0 aliphatic carbocycles. The van der Waals surface area contributed by atoms with Crippen LogP contribution in [0.3, 0.4) is 0 Å². The number of nitrogens with one attached hydrogen (secondary N) is 2. The first kappa shape index (κ1) is 14.0. The van der Waals surface area contributed by atoms with Crippen molar-refractivity contribution in [2.24, 2.45) is 0 Å². The molecule has 6 nitrogen and oxygen atoms in total. The van der Waals surface area contributed by atoms with Crippen LogP contribution >= 0.6 is 28.4 Å². The van der Waals surface area contributed by atoms with Crippen molar-refractivity contribution < 1.29 is 4.21 Å². The number of aryl methyl sites for hydroxylation is 1. The van der Waals surface area contributed by atoms with Gasteiger partial charge in [0.1, 0.15) is 0 Å². The van der Waals surface area contributed by atoms with Crippen LogP contribution in [-0.2, 0) is 11.0 Å². The van der Waals surface area contributed by atoms with E-state index in [9.17, 15) is 4.21 Å². The minimum Gasteiger partial charge on any atom is -0.300 e. The molecule has 2 atom stereocenters. The summed E-state index contributed by atoms with van der Waals surface area (Å²) in [7, 11) is -1.34. The van der Waals surface area contributed by atoms with Crippen molar-refractivity contribution >= 4 is 56.0 Å². The van der Waals surface area contributed by atoms with Crippen LogP contribution in [0.2, 0.25) is 0 Å². The summed E-state index contributed by atoms with van der Waals surface area (Å²) in [4.78, 5) is 0.614. The summed E-state index contributed by atoms with van der Waals surface area (Å²) in [6.07, 6.45) is 3.70. The summed E-state index contributed by atoms with van der Waals surface area (Å²) in [5.41, 5.74) is 2.79. The zero-order valence-corrected chi connectivity index (χ0v) is 14.4. The molecule has 0 radical (unpaired) electrons. The van der Waals surface area contributed by atoms with Crippen molar-refractivity contribution in [2.45, 2.75) is 11.8 Å². The number of fused-ring (bicyclic) bond motifs is 1. The van der Waals surface area contributed by atoms with Gasteiger partial charge in [-0.1, -0.05) is 6.07 Å². The summed E-state index contributed by atoms with van der Waals surface area (Å²) in [6.45, 7) is 1.96. The number of hydrogen-bond acceptors (Lipinski definition) is 3. The SMILES string of the molecule is Cc1nn(PI)c2cccc(NS(=O)c3cn[nH]c3)c12. The van der Waals surface area contributed by atoms with E-state index in [0.29, 0.717) is 11.3 Å². The van der Waals surface area contributed by atoms with Gasteiger partial charge in [-0.05, 0) is 41.1 Å². The van der Waals surface area contributed by atoms with Crippen molar-refractivity contribution in [2.75, 3.05) is 4.72 Å². The van der Waals surface area contributed by atoms with Crippen molar-refractivity contribution in [1.82, 2.24) is 19.7 Å². The largest absolute Gasteiger partial charge is 0.300 e. The highest BCUT2D eigenvalue weighted by Crippen LogP contribution is 2.34. The van der Waals surface area contributed by atoms with Crippen LogP contribution < -0.4 is 4.72 Å². The average molecular weight is 419 g/mol. The zero-order chi connectivity index (χ0) is 14.1. The van der Waals surface area contributed by atoms with Gasteiger partial charge >= 0.3 is 0 Å². The average Bonchev–Trinajstić information content (AvgIpc) is 3.07. The normalized spacial score (nSPS) is 13.3. The van der Waals surface area contributed by atoms with E-state index in [1.54, 1.807) is 12.4 Å². The van der Waals surface area contributed by atoms with Crippen LogP contribution in [0.5, 0.6) is 0 Å². The summed E-state index contributed by atoms with van der Waals surface area (Å²) >= 11 is 2.30. The van der Waals surface area contributed by atoms with Crippen LogP contribution in [0.15, 0.2) is 35.5 Å². The van der Waals surface area contributed by atoms with Gasteiger partial charge in [0.2, 0.25) is 0 Å². The third kappa shape index (κ3) is 2.47. The molecule has 0 saturated carbocycles. The Morgan fingerprint density at radius 3 is 3.05 bits per heavy atom. The summed E-state index contributed by atoms with van der Waals surface area (Å²) in [6, 6.07) is 5.87. The number of rotatable bonds is 4. The molecule has 3 aromatic rings. The topological polar surface area (TPSA) is 75.6 Å². The van der Waals surface area contributed by atoms with Crippen molar-refractivity contribution in [3.63, 3.8) is 0 Å². The lowest BCUT2D eigenvalue weighted by Gasteiger charge is -2.06. The fourth-order valence-electron chi connectivity index (χ4n) is 2.00. The number of aromatic amines is 1. The Kier molecular flexibility index (Phi) is 4.04. The van der Waals surface area contributed by atoms with E-state index in [4.69, 9.17) is 0 Å². The number of aromatic nitrogens is 4. The number of anilines is 1. The Morgan fingerprint density at radius 1 is 1.50 bits per heavy atom. The predicted octanol–water partition coefficient (Wildman–Crippen LogP) is 2.99. The molecule has 0 aliphatic heterocycles. The van der Waals surface area contributed by atoms with Gasteiger partial charge in [-0.25, -0.2) is 8.66 Å². The highest BCUT2D eigenvalue weighted by Gasteiger charge is 2.13. The number of benzene rings is 1. The lowest BCUT2D eigenvalue weighted by Crippen LogP contribution is -2.04. The Bertz CT molecular complexity index is 773. The molecule has 0 fully saturated rings. The molecule has 0 saturated heterocycles. The van der Waals surface area contributed by atoms with E-state index in [2.05, 4.69) is 42.1 Å².